The Bertz CT molecular complexity index is 428. The molecule has 0 spiro atoms. The fraction of sp³-hybridized carbons (Fsp3) is 0.533. The number of hydrogen-bond donors (Lipinski definition) is 2. The minimum Gasteiger partial charge on any atom is -0.350 e. The van der Waals surface area contributed by atoms with Crippen LogP contribution in [0.1, 0.15) is 37.3 Å². The van der Waals surface area contributed by atoms with E-state index in [0.717, 1.165) is 25.8 Å². The van der Waals surface area contributed by atoms with Gasteiger partial charge >= 0.3 is 0 Å². The second-order valence-electron chi connectivity index (χ2n) is 5.08. The summed E-state index contributed by atoms with van der Waals surface area (Å²) in [7, 11) is 0. The van der Waals surface area contributed by atoms with Crippen molar-refractivity contribution in [1.29, 1.82) is 0 Å². The Balaban J connectivity index is 0.00000180. The number of carbonyl (C=O) groups excluding carboxylic acids is 1. The lowest BCUT2D eigenvalue weighted by Crippen LogP contribution is -2.52. The van der Waals surface area contributed by atoms with E-state index in [1.54, 1.807) is 0 Å². The average Bonchev–Trinajstić information content (AvgIpc) is 2.87. The van der Waals surface area contributed by atoms with Crippen LogP contribution in [0.3, 0.4) is 0 Å². The highest BCUT2D eigenvalue weighted by molar-refractivity contribution is 5.86. The predicted molar refractivity (Wildman–Crippen MR) is 80.5 cm³/mol. The van der Waals surface area contributed by atoms with Crippen molar-refractivity contribution in [2.75, 3.05) is 6.54 Å². The highest BCUT2D eigenvalue weighted by Crippen LogP contribution is 2.23. The van der Waals surface area contributed by atoms with Crippen LogP contribution in [0.15, 0.2) is 24.3 Å². The Kier molecular flexibility index (Phi) is 5.83. The topological polar surface area (TPSA) is 41.1 Å². The third kappa shape index (κ3) is 3.48. The summed E-state index contributed by atoms with van der Waals surface area (Å²) in [4.78, 5) is 12.3. The number of benzene rings is 1. The molecule has 1 aromatic carbocycles. The quantitative estimate of drug-likeness (QED) is 0.891. The second kappa shape index (κ2) is 6.92. The van der Waals surface area contributed by atoms with Crippen LogP contribution in [0, 0.1) is 6.92 Å². The second-order valence-corrected chi connectivity index (χ2v) is 5.08. The van der Waals surface area contributed by atoms with Crippen molar-refractivity contribution in [3.05, 3.63) is 35.4 Å². The molecule has 1 amide bonds. The van der Waals surface area contributed by atoms with E-state index >= 15 is 0 Å². The van der Waals surface area contributed by atoms with Crippen LogP contribution in [0.2, 0.25) is 0 Å². The molecule has 3 nitrogen and oxygen atoms in total. The van der Waals surface area contributed by atoms with Gasteiger partial charge in [0.2, 0.25) is 5.91 Å². The molecule has 2 rings (SSSR count). The van der Waals surface area contributed by atoms with Gasteiger partial charge in [-0.3, -0.25) is 4.79 Å². The molecule has 1 unspecified atom stereocenters. The highest BCUT2D eigenvalue weighted by atomic mass is 35.5. The van der Waals surface area contributed by atoms with E-state index in [1.807, 2.05) is 12.1 Å². The molecule has 19 heavy (non-hydrogen) atoms. The van der Waals surface area contributed by atoms with E-state index in [1.165, 1.54) is 11.1 Å². The smallest absolute Gasteiger partial charge is 0.240 e. The van der Waals surface area contributed by atoms with Crippen LogP contribution in [0.4, 0.5) is 0 Å². The van der Waals surface area contributed by atoms with Gasteiger partial charge in [0.05, 0.1) is 5.54 Å². The van der Waals surface area contributed by atoms with Crippen LogP contribution in [0.25, 0.3) is 0 Å². The summed E-state index contributed by atoms with van der Waals surface area (Å²) in [5, 5.41) is 6.43. The van der Waals surface area contributed by atoms with E-state index in [0.29, 0.717) is 6.54 Å². The van der Waals surface area contributed by atoms with Gasteiger partial charge in [0.25, 0.3) is 0 Å². The molecule has 0 saturated carbocycles. The molecule has 1 aliphatic rings. The summed E-state index contributed by atoms with van der Waals surface area (Å²) in [5.41, 5.74) is 2.08. The maximum Gasteiger partial charge on any atom is 0.240 e. The molecule has 1 atom stereocenters. The van der Waals surface area contributed by atoms with Crippen molar-refractivity contribution in [1.82, 2.24) is 10.6 Å². The number of halogens is 1. The fourth-order valence-corrected chi connectivity index (χ4v) is 2.62. The Hall–Kier alpha value is -1.06. The van der Waals surface area contributed by atoms with Crippen LogP contribution in [0.5, 0.6) is 0 Å². The minimum atomic E-state index is -0.331. The maximum absolute atomic E-state index is 12.3. The van der Waals surface area contributed by atoms with Gasteiger partial charge in [0, 0.05) is 6.54 Å². The summed E-state index contributed by atoms with van der Waals surface area (Å²) in [6, 6.07) is 8.17. The molecule has 106 valence electrons. The monoisotopic (exact) mass is 282 g/mol. The molecule has 0 aromatic heterocycles. The molecule has 1 heterocycles. The van der Waals surface area contributed by atoms with Gasteiger partial charge in [-0.2, -0.15) is 0 Å². The molecule has 2 N–H and O–H groups in total. The zero-order valence-corrected chi connectivity index (χ0v) is 12.5. The summed E-state index contributed by atoms with van der Waals surface area (Å²) < 4.78 is 0. The molecule has 1 fully saturated rings. The van der Waals surface area contributed by atoms with E-state index < -0.39 is 0 Å². The zero-order chi connectivity index (χ0) is 13.0. The van der Waals surface area contributed by atoms with Crippen molar-refractivity contribution in [3.63, 3.8) is 0 Å². The van der Waals surface area contributed by atoms with Crippen molar-refractivity contribution < 1.29 is 4.79 Å². The van der Waals surface area contributed by atoms with Gasteiger partial charge in [-0.25, -0.2) is 0 Å². The number of hydrogen-bond acceptors (Lipinski definition) is 2. The first-order valence-electron chi connectivity index (χ1n) is 6.76. The number of nitrogens with one attached hydrogen (secondary N) is 2. The molecule has 4 heteroatoms. The van der Waals surface area contributed by atoms with Gasteiger partial charge in [-0.1, -0.05) is 31.2 Å². The molecule has 0 aliphatic carbocycles. The maximum atomic E-state index is 12.3. The third-order valence-corrected chi connectivity index (χ3v) is 3.98. The molecule has 0 bridgehead atoms. The first-order valence-corrected chi connectivity index (χ1v) is 6.76. The predicted octanol–water partition coefficient (Wildman–Crippen LogP) is 2.57. The summed E-state index contributed by atoms with van der Waals surface area (Å²) >= 11 is 0. The van der Waals surface area contributed by atoms with Crippen molar-refractivity contribution >= 4 is 18.3 Å². The lowest BCUT2D eigenvalue weighted by Gasteiger charge is -2.26. The number of rotatable bonds is 4. The van der Waals surface area contributed by atoms with Crippen LogP contribution < -0.4 is 10.6 Å². The number of carbonyl (C=O) groups is 1. The lowest BCUT2D eigenvalue weighted by atomic mass is 9.93. The van der Waals surface area contributed by atoms with Crippen molar-refractivity contribution in [2.24, 2.45) is 0 Å². The largest absolute Gasteiger partial charge is 0.350 e. The normalized spacial score (nSPS) is 21.8. The average molecular weight is 283 g/mol. The Morgan fingerprint density at radius 1 is 1.42 bits per heavy atom. The summed E-state index contributed by atoms with van der Waals surface area (Å²) in [6.45, 7) is 5.72. The van der Waals surface area contributed by atoms with E-state index in [4.69, 9.17) is 0 Å². The van der Waals surface area contributed by atoms with Gasteiger partial charge in [0.15, 0.2) is 0 Å². The van der Waals surface area contributed by atoms with Crippen LogP contribution in [-0.2, 0) is 11.3 Å². The Morgan fingerprint density at radius 3 is 2.74 bits per heavy atom. The zero-order valence-electron chi connectivity index (χ0n) is 11.7. The first kappa shape index (κ1) is 16.0. The lowest BCUT2D eigenvalue weighted by molar-refractivity contribution is -0.127. The molecular formula is C15H23ClN2O. The molecular weight excluding hydrogens is 260 g/mol. The highest BCUT2D eigenvalue weighted by Gasteiger charge is 2.38. The van der Waals surface area contributed by atoms with E-state index in [9.17, 15) is 4.79 Å². The van der Waals surface area contributed by atoms with E-state index in [-0.39, 0.29) is 23.9 Å². The minimum absolute atomic E-state index is 0. The fourth-order valence-electron chi connectivity index (χ4n) is 2.62. The van der Waals surface area contributed by atoms with Crippen LogP contribution in [-0.4, -0.2) is 18.0 Å². The van der Waals surface area contributed by atoms with Crippen LogP contribution >= 0.6 is 12.4 Å². The van der Waals surface area contributed by atoms with Crippen molar-refractivity contribution in [2.45, 2.75) is 45.2 Å². The van der Waals surface area contributed by atoms with Gasteiger partial charge in [-0.05, 0) is 43.9 Å². The molecule has 1 saturated heterocycles. The number of amides is 1. The SMILES string of the molecule is CCC1(C(=O)NCc2ccccc2C)CCCN1.Cl. The third-order valence-electron chi connectivity index (χ3n) is 3.98. The Morgan fingerprint density at radius 2 is 2.16 bits per heavy atom. The summed E-state index contributed by atoms with van der Waals surface area (Å²) in [6.07, 6.45) is 2.89. The van der Waals surface area contributed by atoms with Gasteiger partial charge < -0.3 is 10.6 Å². The summed E-state index contributed by atoms with van der Waals surface area (Å²) in [5.74, 6) is 0.144. The van der Waals surface area contributed by atoms with Gasteiger partial charge in [0.1, 0.15) is 0 Å². The van der Waals surface area contributed by atoms with Crippen molar-refractivity contribution in [3.8, 4) is 0 Å². The number of aryl methyl sites for hydroxylation is 1. The van der Waals surface area contributed by atoms with Gasteiger partial charge in [-0.15, -0.1) is 12.4 Å². The Labute approximate surface area is 121 Å². The van der Waals surface area contributed by atoms with E-state index in [2.05, 4.69) is 36.6 Å². The molecule has 1 aliphatic heterocycles. The molecule has 0 radical (unpaired) electrons. The molecule has 1 aromatic rings. The standard InChI is InChI=1S/C15H22N2O.ClH/c1-3-15(9-6-10-17-15)14(18)16-11-13-8-5-4-7-12(13)2;/h4-5,7-8,17H,3,6,9-11H2,1-2H3,(H,16,18);1H. The first-order chi connectivity index (χ1) is 8.68.